The zero-order chi connectivity index (χ0) is 15.9. The third kappa shape index (κ3) is 10.4. The zero-order valence-corrected chi connectivity index (χ0v) is 14.2. The summed E-state index contributed by atoms with van der Waals surface area (Å²) in [6.45, 7) is 3.93. The Bertz CT molecular complexity index is 362. The van der Waals surface area contributed by atoms with Crippen LogP contribution < -0.4 is 5.32 Å². The maximum atomic E-state index is 11.7. The minimum absolute atomic E-state index is 0.202. The van der Waals surface area contributed by atoms with E-state index in [2.05, 4.69) is 17.2 Å². The normalized spacial score (nSPS) is 10.8. The van der Waals surface area contributed by atoms with Gasteiger partial charge in [-0.1, -0.05) is 58.3 Å². The van der Waals surface area contributed by atoms with Crippen molar-refractivity contribution in [3.8, 4) is 0 Å². The zero-order valence-electron chi connectivity index (χ0n) is 14.2. The molecule has 1 N–H and O–H groups in total. The minimum atomic E-state index is 0.202. The van der Waals surface area contributed by atoms with E-state index in [1.165, 1.54) is 51.4 Å². The summed E-state index contributed by atoms with van der Waals surface area (Å²) >= 11 is 0. The quantitative estimate of drug-likeness (QED) is 0.521. The van der Waals surface area contributed by atoms with Crippen LogP contribution in [0.1, 0.15) is 77.6 Å². The van der Waals surface area contributed by atoms with Gasteiger partial charge in [0.05, 0.1) is 6.33 Å². The topological polar surface area (TPSA) is 46.9 Å². The smallest absolute Gasteiger partial charge is 0.219 e. The van der Waals surface area contributed by atoms with Gasteiger partial charge in [-0.3, -0.25) is 4.79 Å². The predicted octanol–water partition coefficient (Wildman–Crippen LogP) is 4.31. The van der Waals surface area contributed by atoms with Gasteiger partial charge in [0.2, 0.25) is 5.91 Å². The van der Waals surface area contributed by atoms with E-state index < -0.39 is 0 Å². The molecule has 0 aliphatic carbocycles. The van der Waals surface area contributed by atoms with Gasteiger partial charge in [0.25, 0.3) is 0 Å². The summed E-state index contributed by atoms with van der Waals surface area (Å²) in [6.07, 6.45) is 18.8. The van der Waals surface area contributed by atoms with Gasteiger partial charge in [-0.2, -0.15) is 0 Å². The summed E-state index contributed by atoms with van der Waals surface area (Å²) in [5.74, 6) is 0.202. The van der Waals surface area contributed by atoms with Crippen LogP contribution in [0.4, 0.5) is 0 Å². The first-order valence-corrected chi connectivity index (χ1v) is 9.05. The average Bonchev–Trinajstić information content (AvgIpc) is 3.03. The highest BCUT2D eigenvalue weighted by atomic mass is 16.1. The van der Waals surface area contributed by atoms with Crippen LogP contribution in [0.15, 0.2) is 18.7 Å². The molecular weight excluding hydrogens is 274 g/mol. The van der Waals surface area contributed by atoms with Gasteiger partial charge in [0, 0.05) is 31.9 Å². The van der Waals surface area contributed by atoms with Crippen LogP contribution in [0, 0.1) is 0 Å². The van der Waals surface area contributed by atoms with Crippen molar-refractivity contribution in [2.45, 2.75) is 84.1 Å². The van der Waals surface area contributed by atoms with Crippen molar-refractivity contribution in [1.29, 1.82) is 0 Å². The Labute approximate surface area is 135 Å². The number of carbonyl (C=O) groups is 1. The van der Waals surface area contributed by atoms with E-state index in [9.17, 15) is 4.79 Å². The van der Waals surface area contributed by atoms with Gasteiger partial charge in [-0.05, 0) is 12.8 Å². The molecule has 4 heteroatoms. The molecule has 1 heterocycles. The Morgan fingerprint density at radius 3 is 2.32 bits per heavy atom. The number of hydrogen-bond acceptors (Lipinski definition) is 2. The van der Waals surface area contributed by atoms with E-state index >= 15 is 0 Å². The SMILES string of the molecule is CCCCCCCCCCCC(=O)NCCCn1ccnc1. The number of imidazole rings is 1. The van der Waals surface area contributed by atoms with Crippen LogP contribution in [-0.2, 0) is 11.3 Å². The summed E-state index contributed by atoms with van der Waals surface area (Å²) in [5.41, 5.74) is 0. The maximum absolute atomic E-state index is 11.7. The van der Waals surface area contributed by atoms with Crippen molar-refractivity contribution < 1.29 is 4.79 Å². The van der Waals surface area contributed by atoms with Gasteiger partial charge in [0.1, 0.15) is 0 Å². The summed E-state index contributed by atoms with van der Waals surface area (Å²) < 4.78 is 2.03. The van der Waals surface area contributed by atoms with E-state index in [1.54, 1.807) is 6.20 Å². The van der Waals surface area contributed by atoms with Gasteiger partial charge in [-0.25, -0.2) is 4.98 Å². The molecule has 0 aliphatic heterocycles. The standard InChI is InChI=1S/C18H33N3O/c1-2-3-4-5-6-7-8-9-10-12-18(22)20-13-11-15-21-16-14-19-17-21/h14,16-17H,2-13,15H2,1H3,(H,20,22). The minimum Gasteiger partial charge on any atom is -0.356 e. The van der Waals surface area contributed by atoms with Gasteiger partial charge in [0.15, 0.2) is 0 Å². The third-order valence-electron chi connectivity index (χ3n) is 3.98. The van der Waals surface area contributed by atoms with E-state index in [1.807, 2.05) is 17.1 Å². The van der Waals surface area contributed by atoms with Crippen LogP contribution >= 0.6 is 0 Å². The molecule has 1 aromatic rings. The van der Waals surface area contributed by atoms with Crippen molar-refractivity contribution in [2.24, 2.45) is 0 Å². The van der Waals surface area contributed by atoms with Crippen molar-refractivity contribution in [2.75, 3.05) is 6.54 Å². The molecule has 0 aliphatic rings. The lowest BCUT2D eigenvalue weighted by Gasteiger charge is -2.06. The van der Waals surface area contributed by atoms with Crippen molar-refractivity contribution in [3.05, 3.63) is 18.7 Å². The van der Waals surface area contributed by atoms with Crippen LogP contribution in [0.25, 0.3) is 0 Å². The van der Waals surface area contributed by atoms with Gasteiger partial charge < -0.3 is 9.88 Å². The third-order valence-corrected chi connectivity index (χ3v) is 3.98. The summed E-state index contributed by atoms with van der Waals surface area (Å²) in [6, 6.07) is 0. The molecule has 4 nitrogen and oxygen atoms in total. The largest absolute Gasteiger partial charge is 0.356 e. The number of nitrogens with one attached hydrogen (secondary N) is 1. The molecule has 0 saturated heterocycles. The lowest BCUT2D eigenvalue weighted by atomic mass is 10.1. The van der Waals surface area contributed by atoms with Crippen LogP contribution in [-0.4, -0.2) is 22.0 Å². The average molecular weight is 307 g/mol. The number of nitrogens with zero attached hydrogens (tertiary/aromatic N) is 2. The van der Waals surface area contributed by atoms with E-state index in [-0.39, 0.29) is 5.91 Å². The van der Waals surface area contributed by atoms with Crippen molar-refractivity contribution >= 4 is 5.91 Å². The Balaban J connectivity index is 1.81. The lowest BCUT2D eigenvalue weighted by Crippen LogP contribution is -2.24. The number of amides is 1. The number of aryl methyl sites for hydroxylation is 1. The molecule has 0 aromatic carbocycles. The van der Waals surface area contributed by atoms with Crippen molar-refractivity contribution in [3.63, 3.8) is 0 Å². The Morgan fingerprint density at radius 2 is 1.68 bits per heavy atom. The van der Waals surface area contributed by atoms with Crippen molar-refractivity contribution in [1.82, 2.24) is 14.9 Å². The molecule has 0 spiro atoms. The second kappa shape index (κ2) is 13.4. The highest BCUT2D eigenvalue weighted by molar-refractivity contribution is 5.75. The number of carbonyl (C=O) groups excluding carboxylic acids is 1. The first-order chi connectivity index (χ1) is 10.8. The Morgan fingerprint density at radius 1 is 1.00 bits per heavy atom. The van der Waals surface area contributed by atoms with Crippen LogP contribution in [0.2, 0.25) is 0 Å². The number of aromatic nitrogens is 2. The highest BCUT2D eigenvalue weighted by Gasteiger charge is 2.00. The number of hydrogen-bond donors (Lipinski definition) is 1. The summed E-state index contributed by atoms with van der Waals surface area (Å²) in [5, 5.41) is 3.00. The number of rotatable bonds is 14. The van der Waals surface area contributed by atoms with E-state index in [0.717, 1.165) is 25.9 Å². The molecular formula is C18H33N3O. The highest BCUT2D eigenvalue weighted by Crippen LogP contribution is 2.10. The fraction of sp³-hybridized carbons (Fsp3) is 0.778. The maximum Gasteiger partial charge on any atom is 0.219 e. The van der Waals surface area contributed by atoms with Gasteiger partial charge in [-0.15, -0.1) is 0 Å². The van der Waals surface area contributed by atoms with Crippen LogP contribution in [0.3, 0.4) is 0 Å². The molecule has 22 heavy (non-hydrogen) atoms. The lowest BCUT2D eigenvalue weighted by molar-refractivity contribution is -0.121. The first-order valence-electron chi connectivity index (χ1n) is 9.05. The van der Waals surface area contributed by atoms with Gasteiger partial charge >= 0.3 is 0 Å². The second-order valence-electron chi connectivity index (χ2n) is 6.08. The molecule has 0 atom stereocenters. The molecule has 0 bridgehead atoms. The molecule has 126 valence electrons. The van der Waals surface area contributed by atoms with E-state index in [4.69, 9.17) is 0 Å². The second-order valence-corrected chi connectivity index (χ2v) is 6.08. The predicted molar refractivity (Wildman–Crippen MR) is 91.7 cm³/mol. The summed E-state index contributed by atoms with van der Waals surface area (Å²) in [4.78, 5) is 15.7. The molecule has 0 saturated carbocycles. The Kier molecular flexibility index (Phi) is 11.4. The first kappa shape index (κ1) is 18.7. The number of unbranched alkanes of at least 4 members (excludes halogenated alkanes) is 8. The fourth-order valence-corrected chi connectivity index (χ4v) is 2.59. The molecule has 0 fully saturated rings. The molecule has 0 radical (unpaired) electrons. The molecule has 1 rings (SSSR count). The summed E-state index contributed by atoms with van der Waals surface area (Å²) in [7, 11) is 0. The van der Waals surface area contributed by atoms with E-state index in [0.29, 0.717) is 6.42 Å². The molecule has 1 amide bonds. The van der Waals surface area contributed by atoms with Crippen LogP contribution in [0.5, 0.6) is 0 Å². The monoisotopic (exact) mass is 307 g/mol. The Hall–Kier alpha value is -1.32. The molecule has 0 unspecified atom stereocenters. The fourth-order valence-electron chi connectivity index (χ4n) is 2.59. The molecule has 1 aromatic heterocycles.